The fourth-order valence-electron chi connectivity index (χ4n) is 3.08. The van der Waals surface area contributed by atoms with Crippen molar-refractivity contribution >= 4 is 5.91 Å². The molecule has 3 nitrogen and oxygen atoms in total. The number of carbonyl (C=O) groups is 1. The maximum atomic E-state index is 12.5. The molecule has 0 atom stereocenters. The van der Waals surface area contributed by atoms with Gasteiger partial charge in [0.2, 0.25) is 0 Å². The zero-order valence-corrected chi connectivity index (χ0v) is 13.0. The Morgan fingerprint density at radius 3 is 2.75 bits per heavy atom. The number of hydrogen-bond donors (Lipinski definition) is 1. The smallest absolute Gasteiger partial charge is 0.268 e. The molecule has 0 saturated carbocycles. The number of nitrogens with one attached hydrogen (secondary N) is 1. The molecule has 3 heteroatoms. The lowest BCUT2D eigenvalue weighted by Crippen LogP contribution is -2.30. The highest BCUT2D eigenvalue weighted by atomic mass is 16.1. The first-order valence-electron chi connectivity index (χ1n) is 7.66. The predicted molar refractivity (Wildman–Crippen MR) is 83.2 cm³/mol. The summed E-state index contributed by atoms with van der Waals surface area (Å²) in [5.41, 5.74) is 4.76. The van der Waals surface area contributed by atoms with E-state index in [1.54, 1.807) is 0 Å². The molecule has 0 aliphatic heterocycles. The van der Waals surface area contributed by atoms with E-state index in [1.165, 1.54) is 29.7 Å². The Hall–Kier alpha value is -1.51. The van der Waals surface area contributed by atoms with Crippen molar-refractivity contribution in [3.05, 3.63) is 35.2 Å². The minimum Gasteiger partial charge on any atom is -0.350 e. The van der Waals surface area contributed by atoms with Crippen molar-refractivity contribution in [3.63, 3.8) is 0 Å². The molecule has 110 valence electrons. The van der Waals surface area contributed by atoms with Gasteiger partial charge in [-0.25, -0.2) is 0 Å². The van der Waals surface area contributed by atoms with Crippen LogP contribution in [0.5, 0.6) is 0 Å². The normalized spacial score (nSPS) is 14.2. The molecule has 0 aromatic carbocycles. The van der Waals surface area contributed by atoms with Crippen LogP contribution in [0.3, 0.4) is 0 Å². The van der Waals surface area contributed by atoms with Gasteiger partial charge in [-0.2, -0.15) is 0 Å². The first-order valence-corrected chi connectivity index (χ1v) is 7.66. The van der Waals surface area contributed by atoms with E-state index < -0.39 is 0 Å². The summed E-state index contributed by atoms with van der Waals surface area (Å²) >= 11 is 0. The second-order valence-electron chi connectivity index (χ2n) is 6.11. The number of rotatable bonds is 5. The van der Waals surface area contributed by atoms with Crippen molar-refractivity contribution in [2.45, 2.75) is 53.0 Å². The number of amides is 1. The van der Waals surface area contributed by atoms with Crippen LogP contribution < -0.4 is 5.32 Å². The van der Waals surface area contributed by atoms with Gasteiger partial charge in [-0.15, -0.1) is 6.58 Å². The summed E-state index contributed by atoms with van der Waals surface area (Å²) in [6, 6.07) is 0. The number of hydrogen-bond acceptors (Lipinski definition) is 1. The van der Waals surface area contributed by atoms with E-state index >= 15 is 0 Å². The predicted octanol–water partition coefficient (Wildman–Crippen LogP) is 3.25. The van der Waals surface area contributed by atoms with Gasteiger partial charge in [0.05, 0.1) is 0 Å². The molecule has 1 aromatic rings. The Kier molecular flexibility index (Phi) is 4.69. The number of nitrogens with zero attached hydrogens (tertiary/aromatic N) is 1. The Balaban J connectivity index is 2.37. The van der Waals surface area contributed by atoms with Gasteiger partial charge >= 0.3 is 0 Å². The highest BCUT2D eigenvalue weighted by molar-refractivity contribution is 5.95. The Morgan fingerprint density at radius 2 is 2.10 bits per heavy atom. The Morgan fingerprint density at radius 1 is 1.40 bits per heavy atom. The van der Waals surface area contributed by atoms with E-state index in [-0.39, 0.29) is 5.91 Å². The Labute approximate surface area is 122 Å². The first-order chi connectivity index (χ1) is 9.56. The van der Waals surface area contributed by atoms with Crippen LogP contribution in [0.25, 0.3) is 0 Å². The summed E-state index contributed by atoms with van der Waals surface area (Å²) < 4.78 is 2.17. The summed E-state index contributed by atoms with van der Waals surface area (Å²) in [7, 11) is 0. The van der Waals surface area contributed by atoms with E-state index in [2.05, 4.69) is 37.2 Å². The summed E-state index contributed by atoms with van der Waals surface area (Å²) in [4.78, 5) is 12.5. The van der Waals surface area contributed by atoms with E-state index in [0.717, 1.165) is 31.6 Å². The standard InChI is InChI=1S/C17H26N2O/c1-5-10-19-15-9-7-6-8-14(15)13(4)16(19)17(20)18-11-12(2)3/h5,12H,1,6-11H2,2-4H3,(H,18,20). The molecule has 2 rings (SSSR count). The molecule has 0 saturated heterocycles. The number of aromatic nitrogens is 1. The molecule has 20 heavy (non-hydrogen) atoms. The minimum absolute atomic E-state index is 0.0625. The van der Waals surface area contributed by atoms with Gasteiger partial charge in [0.25, 0.3) is 5.91 Å². The molecule has 0 unspecified atom stereocenters. The highest BCUT2D eigenvalue weighted by Gasteiger charge is 2.25. The van der Waals surface area contributed by atoms with Crippen LogP contribution in [0.2, 0.25) is 0 Å². The monoisotopic (exact) mass is 274 g/mol. The molecular formula is C17H26N2O. The maximum absolute atomic E-state index is 12.5. The summed E-state index contributed by atoms with van der Waals surface area (Å²) in [5, 5.41) is 3.05. The highest BCUT2D eigenvalue weighted by Crippen LogP contribution is 2.29. The van der Waals surface area contributed by atoms with E-state index in [0.29, 0.717) is 5.92 Å². The zero-order chi connectivity index (χ0) is 14.7. The van der Waals surface area contributed by atoms with Gasteiger partial charge in [-0.3, -0.25) is 4.79 Å². The Bertz CT molecular complexity index is 512. The molecule has 0 radical (unpaired) electrons. The fourth-order valence-corrected chi connectivity index (χ4v) is 3.08. The van der Waals surface area contributed by atoms with Crippen LogP contribution in [0.4, 0.5) is 0 Å². The van der Waals surface area contributed by atoms with E-state index in [1.807, 2.05) is 6.08 Å². The molecule has 1 aliphatic rings. The number of carbonyl (C=O) groups excluding carboxylic acids is 1. The van der Waals surface area contributed by atoms with E-state index in [9.17, 15) is 4.79 Å². The lowest BCUT2D eigenvalue weighted by Gasteiger charge is -2.16. The lowest BCUT2D eigenvalue weighted by molar-refractivity contribution is 0.0939. The molecule has 0 bridgehead atoms. The van der Waals surface area contributed by atoms with Crippen LogP contribution in [-0.2, 0) is 19.4 Å². The second-order valence-corrected chi connectivity index (χ2v) is 6.11. The van der Waals surface area contributed by atoms with Crippen LogP contribution in [-0.4, -0.2) is 17.0 Å². The van der Waals surface area contributed by atoms with Crippen molar-refractivity contribution in [1.29, 1.82) is 0 Å². The van der Waals surface area contributed by atoms with Crippen LogP contribution in [0.15, 0.2) is 12.7 Å². The van der Waals surface area contributed by atoms with Crippen molar-refractivity contribution in [2.24, 2.45) is 5.92 Å². The number of allylic oxidation sites excluding steroid dienone is 1. The fraction of sp³-hybridized carbons (Fsp3) is 0.588. The van der Waals surface area contributed by atoms with Gasteiger partial charge in [-0.05, 0) is 49.7 Å². The zero-order valence-electron chi connectivity index (χ0n) is 13.0. The van der Waals surface area contributed by atoms with Crippen LogP contribution in [0, 0.1) is 12.8 Å². The summed E-state index contributed by atoms with van der Waals surface area (Å²) in [6.07, 6.45) is 6.53. The van der Waals surface area contributed by atoms with Crippen molar-refractivity contribution in [2.75, 3.05) is 6.54 Å². The summed E-state index contributed by atoms with van der Waals surface area (Å²) in [5.74, 6) is 0.532. The third kappa shape index (κ3) is 2.82. The van der Waals surface area contributed by atoms with E-state index in [4.69, 9.17) is 0 Å². The number of fused-ring (bicyclic) bond motifs is 1. The molecular weight excluding hydrogens is 248 g/mol. The molecule has 1 amide bonds. The SMILES string of the molecule is C=CCn1c2c(c(C)c1C(=O)NCC(C)C)CCCC2. The average Bonchev–Trinajstić information content (AvgIpc) is 2.70. The maximum Gasteiger partial charge on any atom is 0.268 e. The lowest BCUT2D eigenvalue weighted by atomic mass is 9.95. The van der Waals surface area contributed by atoms with Gasteiger partial charge < -0.3 is 9.88 Å². The first kappa shape index (κ1) is 14.9. The van der Waals surface area contributed by atoms with Crippen molar-refractivity contribution in [1.82, 2.24) is 9.88 Å². The van der Waals surface area contributed by atoms with Gasteiger partial charge in [0.1, 0.15) is 5.69 Å². The summed E-state index contributed by atoms with van der Waals surface area (Å²) in [6.45, 7) is 11.6. The molecule has 1 aromatic heterocycles. The second kappa shape index (κ2) is 6.29. The largest absolute Gasteiger partial charge is 0.350 e. The van der Waals surface area contributed by atoms with Crippen molar-refractivity contribution in [3.8, 4) is 0 Å². The quantitative estimate of drug-likeness (QED) is 0.822. The van der Waals surface area contributed by atoms with Gasteiger partial charge in [0.15, 0.2) is 0 Å². The van der Waals surface area contributed by atoms with Crippen molar-refractivity contribution < 1.29 is 4.79 Å². The molecule has 0 fully saturated rings. The van der Waals surface area contributed by atoms with Gasteiger partial charge in [0, 0.05) is 18.8 Å². The van der Waals surface area contributed by atoms with Gasteiger partial charge in [-0.1, -0.05) is 19.9 Å². The third-order valence-corrected chi connectivity index (χ3v) is 4.04. The van der Waals surface area contributed by atoms with Crippen LogP contribution in [0.1, 0.15) is 54.0 Å². The minimum atomic E-state index is 0.0625. The topological polar surface area (TPSA) is 34.0 Å². The third-order valence-electron chi connectivity index (χ3n) is 4.04. The molecule has 1 heterocycles. The molecule has 0 spiro atoms. The van der Waals surface area contributed by atoms with Crippen LogP contribution >= 0.6 is 0 Å². The molecule has 1 aliphatic carbocycles. The average molecular weight is 274 g/mol. The molecule has 1 N–H and O–H groups in total.